The Morgan fingerprint density at radius 3 is 2.81 bits per heavy atom. The maximum Gasteiger partial charge on any atom is 0.416 e. The highest BCUT2D eigenvalue weighted by Crippen LogP contribution is 2.33. The van der Waals surface area contributed by atoms with Crippen molar-refractivity contribution in [3.05, 3.63) is 51.4 Å². The number of benzene rings is 1. The number of thioether (sulfide) groups is 1. The lowest BCUT2D eigenvalue weighted by molar-refractivity contribution is -0.137. The second kappa shape index (κ2) is 6.79. The Morgan fingerprint density at radius 1 is 1.38 bits per heavy atom. The maximum atomic E-state index is 12.8. The molecule has 1 atom stereocenters. The lowest BCUT2D eigenvalue weighted by Crippen LogP contribution is -2.29. The summed E-state index contributed by atoms with van der Waals surface area (Å²) in [6, 6.07) is 4.08. The monoisotopic (exact) mass is 383 g/mol. The number of alkyl halides is 3. The average molecular weight is 383 g/mol. The van der Waals surface area contributed by atoms with Crippen LogP contribution in [-0.4, -0.2) is 21.2 Å². The van der Waals surface area contributed by atoms with Crippen LogP contribution in [0.15, 0.2) is 34.2 Å². The van der Waals surface area contributed by atoms with Gasteiger partial charge in [-0.2, -0.15) is 13.2 Å². The summed E-state index contributed by atoms with van der Waals surface area (Å²) in [5, 5.41) is 3.04. The normalized spacial score (nSPS) is 16.4. The lowest BCUT2D eigenvalue weighted by Gasteiger charge is -2.15. The van der Waals surface area contributed by atoms with E-state index in [1.54, 1.807) is 13.8 Å². The molecule has 0 fully saturated rings. The first-order valence-corrected chi connectivity index (χ1v) is 8.85. The van der Waals surface area contributed by atoms with Crippen molar-refractivity contribution < 1.29 is 18.0 Å². The molecule has 0 spiro atoms. The van der Waals surface area contributed by atoms with Crippen molar-refractivity contribution in [3.8, 4) is 0 Å². The van der Waals surface area contributed by atoms with Crippen molar-refractivity contribution in [2.75, 3.05) is 11.1 Å². The van der Waals surface area contributed by atoms with Crippen molar-refractivity contribution >= 4 is 23.4 Å². The van der Waals surface area contributed by atoms with Crippen LogP contribution in [0, 0.1) is 13.8 Å². The van der Waals surface area contributed by atoms with Gasteiger partial charge in [-0.05, 0) is 32.0 Å². The van der Waals surface area contributed by atoms with E-state index in [0.717, 1.165) is 12.1 Å². The van der Waals surface area contributed by atoms with Gasteiger partial charge in [0.15, 0.2) is 5.16 Å². The highest BCUT2D eigenvalue weighted by molar-refractivity contribution is 7.99. The highest BCUT2D eigenvalue weighted by Gasteiger charge is 2.31. The number of halogens is 3. The van der Waals surface area contributed by atoms with Crippen molar-refractivity contribution in [1.29, 1.82) is 0 Å². The van der Waals surface area contributed by atoms with E-state index in [0.29, 0.717) is 22.2 Å². The van der Waals surface area contributed by atoms with Crippen LogP contribution in [0.4, 0.5) is 18.9 Å². The molecule has 1 aromatic carbocycles. The van der Waals surface area contributed by atoms with Gasteiger partial charge < -0.3 is 5.32 Å². The third-order valence-electron chi connectivity index (χ3n) is 4.22. The zero-order valence-corrected chi connectivity index (χ0v) is 14.9. The van der Waals surface area contributed by atoms with Gasteiger partial charge in [0.1, 0.15) is 0 Å². The predicted octanol–water partition coefficient (Wildman–Crippen LogP) is 3.55. The van der Waals surface area contributed by atoms with Crippen molar-refractivity contribution in [1.82, 2.24) is 9.55 Å². The van der Waals surface area contributed by atoms with Gasteiger partial charge in [0.2, 0.25) is 5.91 Å². The van der Waals surface area contributed by atoms with Gasteiger partial charge in [-0.3, -0.25) is 14.2 Å². The molecule has 1 aliphatic rings. The molecule has 1 amide bonds. The molecule has 1 unspecified atom stereocenters. The zero-order chi connectivity index (χ0) is 19.1. The molecular formula is C17H16F3N3O2S. The number of aryl methyl sites for hydroxylation is 1. The quantitative estimate of drug-likeness (QED) is 0.824. The molecule has 0 aliphatic carbocycles. The van der Waals surface area contributed by atoms with Crippen LogP contribution in [-0.2, 0) is 11.0 Å². The fourth-order valence-corrected chi connectivity index (χ4v) is 3.90. The van der Waals surface area contributed by atoms with E-state index in [4.69, 9.17) is 0 Å². The Morgan fingerprint density at radius 2 is 2.12 bits per heavy atom. The van der Waals surface area contributed by atoms with Crippen molar-refractivity contribution in [2.45, 2.75) is 37.6 Å². The Labute approximate surface area is 151 Å². The molecule has 5 nitrogen and oxygen atoms in total. The summed E-state index contributed by atoms with van der Waals surface area (Å²) in [6.07, 6.45) is -4.49. The van der Waals surface area contributed by atoms with Crippen LogP contribution >= 0.6 is 11.8 Å². The van der Waals surface area contributed by atoms with Gasteiger partial charge in [0, 0.05) is 29.1 Å². The summed E-state index contributed by atoms with van der Waals surface area (Å²) in [5.41, 5.74) is 0.238. The minimum absolute atomic E-state index is 0.0136. The Kier molecular flexibility index (Phi) is 4.83. The van der Waals surface area contributed by atoms with Gasteiger partial charge in [0.05, 0.1) is 11.6 Å². The number of nitrogens with zero attached hydrogens (tertiary/aromatic N) is 2. The molecule has 0 saturated heterocycles. The van der Waals surface area contributed by atoms with E-state index in [-0.39, 0.29) is 23.7 Å². The molecule has 1 N–H and O–H groups in total. The van der Waals surface area contributed by atoms with E-state index < -0.39 is 17.6 Å². The Balaban J connectivity index is 1.76. The summed E-state index contributed by atoms with van der Waals surface area (Å²) in [7, 11) is 0. The molecule has 2 aromatic rings. The first kappa shape index (κ1) is 18.5. The summed E-state index contributed by atoms with van der Waals surface area (Å²) in [6.45, 7) is 3.44. The fraction of sp³-hybridized carbons (Fsp3) is 0.353. The standard InChI is InChI=1S/C17H16F3N3O2S/c1-9-10(2)21-16-23(15(9)25)13(8-26-16)7-14(24)22-12-5-3-4-11(6-12)17(18,19)20/h3-6,13H,7-8H2,1-2H3,(H,22,24). The second-order valence-corrected chi connectivity index (χ2v) is 7.06. The zero-order valence-electron chi connectivity index (χ0n) is 14.1. The van der Waals surface area contributed by atoms with Crippen LogP contribution < -0.4 is 10.9 Å². The molecule has 1 aromatic heterocycles. The van der Waals surface area contributed by atoms with Crippen LogP contribution in [0.5, 0.6) is 0 Å². The molecule has 3 rings (SSSR count). The minimum Gasteiger partial charge on any atom is -0.326 e. The SMILES string of the molecule is Cc1nc2n(c(=O)c1C)C(CC(=O)Nc1cccc(C(F)(F)F)c1)CS2. The number of nitrogens with one attached hydrogen (secondary N) is 1. The molecular weight excluding hydrogens is 367 g/mol. The largest absolute Gasteiger partial charge is 0.416 e. The van der Waals surface area contributed by atoms with E-state index in [2.05, 4.69) is 10.3 Å². The molecule has 9 heteroatoms. The van der Waals surface area contributed by atoms with E-state index in [1.165, 1.54) is 28.5 Å². The van der Waals surface area contributed by atoms with Gasteiger partial charge in [-0.15, -0.1) is 0 Å². The van der Waals surface area contributed by atoms with Gasteiger partial charge in [-0.25, -0.2) is 4.98 Å². The van der Waals surface area contributed by atoms with Crippen LogP contribution in [0.25, 0.3) is 0 Å². The Hall–Kier alpha value is -2.29. The number of carbonyl (C=O) groups excluding carboxylic acids is 1. The van der Waals surface area contributed by atoms with E-state index in [1.807, 2.05) is 0 Å². The minimum atomic E-state index is -4.48. The number of carbonyl (C=O) groups is 1. The number of aromatic nitrogens is 2. The number of anilines is 1. The predicted molar refractivity (Wildman–Crippen MR) is 92.4 cm³/mol. The van der Waals surface area contributed by atoms with Crippen LogP contribution in [0.1, 0.15) is 29.3 Å². The average Bonchev–Trinajstić information content (AvgIpc) is 2.94. The number of hydrogen-bond donors (Lipinski definition) is 1. The number of rotatable bonds is 3. The molecule has 0 saturated carbocycles. The van der Waals surface area contributed by atoms with Crippen molar-refractivity contribution in [2.24, 2.45) is 0 Å². The lowest BCUT2D eigenvalue weighted by atomic mass is 10.1. The van der Waals surface area contributed by atoms with Gasteiger partial charge in [0.25, 0.3) is 5.56 Å². The van der Waals surface area contributed by atoms with E-state index >= 15 is 0 Å². The summed E-state index contributed by atoms with van der Waals surface area (Å²) >= 11 is 1.39. The maximum absolute atomic E-state index is 12.8. The summed E-state index contributed by atoms with van der Waals surface area (Å²) in [4.78, 5) is 29.1. The van der Waals surface area contributed by atoms with Gasteiger partial charge >= 0.3 is 6.18 Å². The first-order valence-electron chi connectivity index (χ1n) is 7.86. The third-order valence-corrected chi connectivity index (χ3v) is 5.31. The van der Waals surface area contributed by atoms with Crippen LogP contribution in [0.2, 0.25) is 0 Å². The Bertz CT molecular complexity index is 924. The first-order chi connectivity index (χ1) is 12.2. The second-order valence-electron chi connectivity index (χ2n) is 6.08. The summed E-state index contributed by atoms with van der Waals surface area (Å²) in [5.74, 6) is 0.0640. The number of hydrogen-bond acceptors (Lipinski definition) is 4. The third kappa shape index (κ3) is 3.62. The molecule has 0 radical (unpaired) electrons. The smallest absolute Gasteiger partial charge is 0.326 e. The molecule has 2 heterocycles. The molecule has 0 bridgehead atoms. The van der Waals surface area contributed by atoms with E-state index in [9.17, 15) is 22.8 Å². The van der Waals surface area contributed by atoms with Gasteiger partial charge in [-0.1, -0.05) is 17.8 Å². The van der Waals surface area contributed by atoms with Crippen molar-refractivity contribution in [3.63, 3.8) is 0 Å². The molecule has 1 aliphatic heterocycles. The fourth-order valence-electron chi connectivity index (χ4n) is 2.72. The number of amides is 1. The highest BCUT2D eigenvalue weighted by atomic mass is 32.2. The summed E-state index contributed by atoms with van der Waals surface area (Å²) < 4.78 is 39.8. The topological polar surface area (TPSA) is 64.0 Å². The number of fused-ring (bicyclic) bond motifs is 1. The molecule has 138 valence electrons. The molecule has 26 heavy (non-hydrogen) atoms. The van der Waals surface area contributed by atoms with Crippen LogP contribution in [0.3, 0.4) is 0 Å².